The van der Waals surface area contributed by atoms with E-state index in [1.54, 1.807) is 0 Å². The van der Waals surface area contributed by atoms with Crippen molar-refractivity contribution in [1.82, 2.24) is 9.78 Å². The summed E-state index contributed by atoms with van der Waals surface area (Å²) in [5, 5.41) is 7.56. The number of nitrogens with two attached hydrogens (primary N) is 1. The topological polar surface area (TPSA) is 68.2 Å². The van der Waals surface area contributed by atoms with Gasteiger partial charge in [0.2, 0.25) is 0 Å². The summed E-state index contributed by atoms with van der Waals surface area (Å²) >= 11 is 0. The van der Waals surface area contributed by atoms with Crippen LogP contribution in [0.3, 0.4) is 0 Å². The minimum absolute atomic E-state index is 0. The Bertz CT molecular complexity index is 676. The lowest BCUT2D eigenvalue weighted by atomic mass is 10.1. The molecule has 0 fully saturated rings. The number of hydrogen-bond acceptors (Lipinski definition) is 2. The third kappa shape index (κ3) is 5.23. The zero-order valence-corrected chi connectivity index (χ0v) is 16.6. The van der Waals surface area contributed by atoms with Gasteiger partial charge in [-0.25, -0.2) is 0 Å². The Morgan fingerprint density at radius 2 is 2.09 bits per heavy atom. The lowest BCUT2D eigenvalue weighted by molar-refractivity contribution is 0.730. The van der Waals surface area contributed by atoms with E-state index in [1.165, 1.54) is 16.8 Å². The van der Waals surface area contributed by atoms with Gasteiger partial charge < -0.3 is 11.1 Å². The number of aromatic nitrogens is 2. The summed E-state index contributed by atoms with van der Waals surface area (Å²) in [4.78, 5) is 4.41. The Labute approximate surface area is 155 Å². The molecule has 0 saturated heterocycles. The Balaban J connectivity index is 0.00000264. The Morgan fingerprint density at radius 3 is 2.70 bits per heavy atom. The van der Waals surface area contributed by atoms with Gasteiger partial charge in [-0.2, -0.15) is 5.10 Å². The van der Waals surface area contributed by atoms with Crippen LogP contribution in [0.15, 0.2) is 29.3 Å². The van der Waals surface area contributed by atoms with Crippen molar-refractivity contribution in [2.24, 2.45) is 17.8 Å². The largest absolute Gasteiger partial charge is 0.370 e. The molecule has 1 aromatic heterocycles. The van der Waals surface area contributed by atoms with Crippen molar-refractivity contribution >= 4 is 35.6 Å². The highest BCUT2D eigenvalue weighted by molar-refractivity contribution is 14.0. The molecular weight excluding hydrogens is 401 g/mol. The van der Waals surface area contributed by atoms with Gasteiger partial charge in [0.1, 0.15) is 0 Å². The Kier molecular flexibility index (Phi) is 7.54. The normalized spacial score (nSPS) is 11.2. The smallest absolute Gasteiger partial charge is 0.193 e. The average Bonchev–Trinajstić information content (AvgIpc) is 2.73. The monoisotopic (exact) mass is 427 g/mol. The minimum Gasteiger partial charge on any atom is -0.370 e. The van der Waals surface area contributed by atoms with Crippen molar-refractivity contribution in [1.29, 1.82) is 0 Å². The van der Waals surface area contributed by atoms with E-state index >= 15 is 0 Å². The van der Waals surface area contributed by atoms with Gasteiger partial charge in [-0.1, -0.05) is 19.1 Å². The van der Waals surface area contributed by atoms with Gasteiger partial charge in [0, 0.05) is 25.0 Å². The molecule has 0 saturated carbocycles. The molecule has 0 amide bonds. The van der Waals surface area contributed by atoms with Gasteiger partial charge in [0.15, 0.2) is 5.96 Å². The number of nitrogens with zero attached hydrogens (tertiary/aromatic N) is 3. The third-order valence-electron chi connectivity index (χ3n) is 3.91. The lowest BCUT2D eigenvalue weighted by Crippen LogP contribution is -2.23. The zero-order chi connectivity index (χ0) is 16.1. The van der Waals surface area contributed by atoms with Crippen molar-refractivity contribution in [2.75, 3.05) is 11.9 Å². The molecule has 5 nitrogen and oxygen atoms in total. The van der Waals surface area contributed by atoms with E-state index in [0.717, 1.165) is 24.2 Å². The fourth-order valence-corrected chi connectivity index (χ4v) is 2.52. The van der Waals surface area contributed by atoms with E-state index in [2.05, 4.69) is 41.4 Å². The summed E-state index contributed by atoms with van der Waals surface area (Å²) in [5.74, 6) is 0.451. The second kappa shape index (κ2) is 8.90. The first-order valence-electron chi connectivity index (χ1n) is 7.66. The Hall–Kier alpha value is -1.57. The fourth-order valence-electron chi connectivity index (χ4n) is 2.52. The number of halogens is 1. The number of guanidine groups is 1. The molecule has 0 radical (unpaired) electrons. The summed E-state index contributed by atoms with van der Waals surface area (Å²) in [6.45, 7) is 6.90. The second-order valence-corrected chi connectivity index (χ2v) is 5.47. The molecular formula is C17H26IN5. The summed E-state index contributed by atoms with van der Waals surface area (Å²) in [6.07, 6.45) is 1.86. The third-order valence-corrected chi connectivity index (χ3v) is 3.91. The maximum Gasteiger partial charge on any atom is 0.193 e. The summed E-state index contributed by atoms with van der Waals surface area (Å²) in [5.41, 5.74) is 11.7. The molecule has 6 heteroatoms. The molecule has 23 heavy (non-hydrogen) atoms. The van der Waals surface area contributed by atoms with Crippen LogP contribution < -0.4 is 11.1 Å². The molecule has 0 spiro atoms. The molecule has 0 aliphatic rings. The van der Waals surface area contributed by atoms with Crippen molar-refractivity contribution in [3.63, 3.8) is 0 Å². The minimum atomic E-state index is 0. The van der Waals surface area contributed by atoms with Gasteiger partial charge in [-0.05, 0) is 49.9 Å². The maximum absolute atomic E-state index is 5.96. The van der Waals surface area contributed by atoms with Crippen LogP contribution >= 0.6 is 24.0 Å². The van der Waals surface area contributed by atoms with Crippen LogP contribution in [0, 0.1) is 13.8 Å². The highest BCUT2D eigenvalue weighted by atomic mass is 127. The highest BCUT2D eigenvalue weighted by Crippen LogP contribution is 2.13. The highest BCUT2D eigenvalue weighted by Gasteiger charge is 2.08. The molecule has 1 aromatic carbocycles. The molecule has 0 aliphatic heterocycles. The standard InChI is InChI=1S/C17H25N5.HI/c1-5-14-7-6-8-15(11-14)20-17(18)19-10-9-16-12(2)21-22(4)13(16)3;/h6-8,11H,5,9-10H2,1-4H3,(H3,18,19,20);1H. The van der Waals surface area contributed by atoms with E-state index in [9.17, 15) is 0 Å². The molecule has 0 atom stereocenters. The van der Waals surface area contributed by atoms with Crippen molar-refractivity contribution < 1.29 is 0 Å². The van der Waals surface area contributed by atoms with Gasteiger partial charge in [-0.15, -0.1) is 24.0 Å². The van der Waals surface area contributed by atoms with Gasteiger partial charge in [-0.3, -0.25) is 9.67 Å². The Morgan fingerprint density at radius 1 is 1.35 bits per heavy atom. The second-order valence-electron chi connectivity index (χ2n) is 5.47. The molecule has 1 heterocycles. The molecule has 0 unspecified atom stereocenters. The molecule has 2 rings (SSSR count). The van der Waals surface area contributed by atoms with Crippen LogP contribution in [-0.4, -0.2) is 22.3 Å². The first-order valence-corrected chi connectivity index (χ1v) is 7.66. The van der Waals surface area contributed by atoms with Crippen molar-refractivity contribution in [2.45, 2.75) is 33.6 Å². The van der Waals surface area contributed by atoms with Crippen LogP contribution in [-0.2, 0) is 19.9 Å². The van der Waals surface area contributed by atoms with Crippen molar-refractivity contribution in [3.8, 4) is 0 Å². The number of hydrogen-bond donors (Lipinski definition) is 2. The number of anilines is 1. The quantitative estimate of drug-likeness (QED) is 0.438. The molecule has 2 aromatic rings. The van der Waals surface area contributed by atoms with Crippen LogP contribution in [0.1, 0.15) is 29.4 Å². The molecule has 3 N–H and O–H groups in total. The molecule has 0 bridgehead atoms. The number of nitrogens with one attached hydrogen (secondary N) is 1. The van der Waals surface area contributed by atoms with E-state index in [1.807, 2.05) is 30.8 Å². The van der Waals surface area contributed by atoms with E-state index in [4.69, 9.17) is 5.73 Å². The van der Waals surface area contributed by atoms with Crippen LogP contribution in [0.4, 0.5) is 5.69 Å². The van der Waals surface area contributed by atoms with Gasteiger partial charge in [0.25, 0.3) is 0 Å². The lowest BCUT2D eigenvalue weighted by Gasteiger charge is -2.07. The van der Waals surface area contributed by atoms with Crippen LogP contribution in [0.2, 0.25) is 0 Å². The van der Waals surface area contributed by atoms with E-state index in [0.29, 0.717) is 12.5 Å². The number of rotatable bonds is 5. The molecule has 126 valence electrons. The zero-order valence-electron chi connectivity index (χ0n) is 14.3. The fraction of sp³-hybridized carbons (Fsp3) is 0.412. The predicted molar refractivity (Wildman–Crippen MR) is 108 cm³/mol. The van der Waals surface area contributed by atoms with E-state index in [-0.39, 0.29) is 24.0 Å². The van der Waals surface area contributed by atoms with Gasteiger partial charge >= 0.3 is 0 Å². The van der Waals surface area contributed by atoms with Crippen molar-refractivity contribution in [3.05, 3.63) is 46.8 Å². The van der Waals surface area contributed by atoms with E-state index < -0.39 is 0 Å². The summed E-state index contributed by atoms with van der Waals surface area (Å²) in [6, 6.07) is 8.22. The maximum atomic E-state index is 5.96. The first-order chi connectivity index (χ1) is 10.5. The van der Waals surface area contributed by atoms with Gasteiger partial charge in [0.05, 0.1) is 5.69 Å². The first kappa shape index (κ1) is 19.5. The summed E-state index contributed by atoms with van der Waals surface area (Å²) < 4.78 is 1.91. The summed E-state index contributed by atoms with van der Waals surface area (Å²) in [7, 11) is 1.96. The predicted octanol–water partition coefficient (Wildman–Crippen LogP) is 3.19. The number of aryl methyl sites for hydroxylation is 3. The average molecular weight is 427 g/mol. The number of benzene rings is 1. The SMILES string of the molecule is CCc1cccc(NC(N)=NCCc2c(C)nn(C)c2C)c1.I. The van der Waals surface area contributed by atoms with Crippen LogP contribution in [0.25, 0.3) is 0 Å². The van der Waals surface area contributed by atoms with Crippen LogP contribution in [0.5, 0.6) is 0 Å². The molecule has 0 aliphatic carbocycles. The number of aliphatic imine (C=N–C) groups is 1.